The average Bonchev–Trinajstić information content (AvgIpc) is 3.65. The van der Waals surface area contributed by atoms with Crippen molar-refractivity contribution in [2.45, 2.75) is 18.9 Å². The predicted molar refractivity (Wildman–Crippen MR) is 138 cm³/mol. The number of benzene rings is 2. The van der Waals surface area contributed by atoms with Crippen LogP contribution in [0, 0.1) is 11.7 Å². The van der Waals surface area contributed by atoms with Gasteiger partial charge in [-0.2, -0.15) is 15.3 Å². The van der Waals surface area contributed by atoms with Crippen molar-refractivity contribution in [2.75, 3.05) is 4.90 Å². The van der Waals surface area contributed by atoms with Gasteiger partial charge in [0, 0.05) is 55.0 Å². The van der Waals surface area contributed by atoms with Crippen molar-refractivity contribution in [3.8, 4) is 5.69 Å². The Bertz CT molecular complexity index is 1700. The Labute approximate surface area is 217 Å². The summed E-state index contributed by atoms with van der Waals surface area (Å²) in [5.41, 5.74) is 9.34. The zero-order chi connectivity index (χ0) is 26.7. The van der Waals surface area contributed by atoms with Gasteiger partial charge in [0.2, 0.25) is 5.91 Å². The number of nitrogens with two attached hydrogens (primary N) is 1. The number of carbonyl (C=O) groups is 2. The number of anilines is 1. The van der Waals surface area contributed by atoms with Crippen LogP contribution in [0.25, 0.3) is 16.6 Å². The third-order valence-electron chi connectivity index (χ3n) is 7.17. The molecule has 5 aromatic rings. The third-order valence-corrected chi connectivity index (χ3v) is 7.17. The second-order valence-electron chi connectivity index (χ2n) is 9.63. The van der Waals surface area contributed by atoms with Gasteiger partial charge >= 0.3 is 0 Å². The normalized spacial score (nSPS) is 19.5. The highest BCUT2D eigenvalue weighted by atomic mass is 19.1. The lowest BCUT2D eigenvalue weighted by molar-refractivity contribution is -0.120. The van der Waals surface area contributed by atoms with Crippen molar-refractivity contribution >= 4 is 28.4 Å². The fraction of sp³-hybridized carbons (Fsp3) is 0.222. The summed E-state index contributed by atoms with van der Waals surface area (Å²) in [5.74, 6) is -1.95. The maximum Gasteiger partial charge on any atom is 0.269 e. The standard InChI is InChI=1S/C27H25FN8O2/c1-15-23(20-14-34(3)32-24(20)26(29)37)25(21-10-11-33(2)31-21)35(27(15)38)19-8-9-22-16(12-19)13-30-36(22)18-6-4-17(28)5-7-18/h4-15,23,25H,1-3H3,(H2,29,37). The molecule has 2 aromatic carbocycles. The number of rotatable bonds is 5. The van der Waals surface area contributed by atoms with Crippen molar-refractivity contribution in [1.82, 2.24) is 29.3 Å². The zero-order valence-electron chi connectivity index (χ0n) is 21.0. The van der Waals surface area contributed by atoms with E-state index in [1.165, 1.54) is 12.1 Å². The van der Waals surface area contributed by atoms with Gasteiger partial charge in [-0.3, -0.25) is 19.0 Å². The summed E-state index contributed by atoms with van der Waals surface area (Å²) >= 11 is 0. The first kappa shape index (κ1) is 23.6. The van der Waals surface area contributed by atoms with Crippen molar-refractivity contribution < 1.29 is 14.0 Å². The van der Waals surface area contributed by atoms with E-state index in [4.69, 9.17) is 5.73 Å². The molecule has 10 nitrogen and oxygen atoms in total. The highest BCUT2D eigenvalue weighted by Crippen LogP contribution is 2.50. The van der Waals surface area contributed by atoms with Crippen LogP contribution < -0.4 is 10.6 Å². The lowest BCUT2D eigenvalue weighted by Gasteiger charge is -2.27. The number of aromatic nitrogens is 6. The lowest BCUT2D eigenvalue weighted by Crippen LogP contribution is -2.29. The molecule has 3 aromatic heterocycles. The van der Waals surface area contributed by atoms with Crippen LogP contribution in [0.3, 0.4) is 0 Å². The van der Waals surface area contributed by atoms with Crippen molar-refractivity contribution in [3.05, 3.63) is 89.9 Å². The molecule has 0 spiro atoms. The molecule has 3 atom stereocenters. The van der Waals surface area contributed by atoms with Gasteiger partial charge in [-0.05, 0) is 48.5 Å². The molecule has 4 heterocycles. The number of primary amides is 1. The first-order valence-electron chi connectivity index (χ1n) is 12.1. The van der Waals surface area contributed by atoms with E-state index in [9.17, 15) is 14.0 Å². The molecule has 1 aliphatic rings. The summed E-state index contributed by atoms with van der Waals surface area (Å²) in [6.45, 7) is 1.85. The first-order valence-corrected chi connectivity index (χ1v) is 12.1. The number of halogens is 1. The monoisotopic (exact) mass is 512 g/mol. The van der Waals surface area contributed by atoms with Crippen LogP contribution in [0.1, 0.15) is 40.6 Å². The summed E-state index contributed by atoms with van der Waals surface area (Å²) < 4.78 is 18.4. The van der Waals surface area contributed by atoms with E-state index in [0.29, 0.717) is 16.9 Å². The molecule has 1 saturated heterocycles. The Hall–Kier alpha value is -4.80. The summed E-state index contributed by atoms with van der Waals surface area (Å²) in [5, 5.41) is 14.2. The molecule has 38 heavy (non-hydrogen) atoms. The second-order valence-corrected chi connectivity index (χ2v) is 9.63. The van der Waals surface area contributed by atoms with Crippen LogP contribution in [0.4, 0.5) is 10.1 Å². The molecule has 0 saturated carbocycles. The van der Waals surface area contributed by atoms with Gasteiger partial charge < -0.3 is 10.6 Å². The van der Waals surface area contributed by atoms with Crippen LogP contribution in [0.15, 0.2) is 67.1 Å². The molecule has 1 aliphatic heterocycles. The van der Waals surface area contributed by atoms with E-state index in [1.54, 1.807) is 50.5 Å². The van der Waals surface area contributed by atoms with Crippen LogP contribution in [-0.4, -0.2) is 41.2 Å². The summed E-state index contributed by atoms with van der Waals surface area (Å²) in [6.07, 6.45) is 5.29. The molecular weight excluding hydrogens is 487 g/mol. The summed E-state index contributed by atoms with van der Waals surface area (Å²) in [4.78, 5) is 27.9. The molecule has 0 radical (unpaired) electrons. The third kappa shape index (κ3) is 3.66. The predicted octanol–water partition coefficient (Wildman–Crippen LogP) is 3.24. The maximum absolute atomic E-state index is 13.9. The number of amides is 2. The van der Waals surface area contributed by atoms with E-state index >= 15 is 0 Å². The van der Waals surface area contributed by atoms with E-state index in [-0.39, 0.29) is 17.4 Å². The Balaban J connectivity index is 1.48. The second kappa shape index (κ2) is 8.65. The highest BCUT2D eigenvalue weighted by Gasteiger charge is 2.50. The molecule has 3 unspecified atom stereocenters. The van der Waals surface area contributed by atoms with Gasteiger partial charge in [-0.1, -0.05) is 6.92 Å². The number of aryl methyl sites for hydroxylation is 2. The minimum Gasteiger partial charge on any atom is -0.364 e. The molecular formula is C27H25FN8O2. The molecule has 1 fully saturated rings. The summed E-state index contributed by atoms with van der Waals surface area (Å²) in [7, 11) is 3.54. The van der Waals surface area contributed by atoms with E-state index in [2.05, 4.69) is 15.3 Å². The minimum absolute atomic E-state index is 0.102. The van der Waals surface area contributed by atoms with Gasteiger partial charge in [-0.25, -0.2) is 9.07 Å². The summed E-state index contributed by atoms with van der Waals surface area (Å²) in [6, 6.07) is 13.1. The van der Waals surface area contributed by atoms with Crippen LogP contribution in [-0.2, 0) is 18.9 Å². The molecule has 2 amide bonds. The zero-order valence-corrected chi connectivity index (χ0v) is 21.0. The molecule has 2 N–H and O–H groups in total. The average molecular weight is 513 g/mol. The Morgan fingerprint density at radius 1 is 1.00 bits per heavy atom. The Kier molecular flexibility index (Phi) is 5.37. The quantitative estimate of drug-likeness (QED) is 0.388. The minimum atomic E-state index is -0.645. The van der Waals surface area contributed by atoms with Crippen LogP contribution in [0.5, 0.6) is 0 Å². The SMILES string of the molecule is CC1C(=O)N(c2ccc3c(cnn3-c3ccc(F)cc3)c2)C(c2ccn(C)n2)C1c1cn(C)nc1C(N)=O. The highest BCUT2D eigenvalue weighted by molar-refractivity contribution is 6.02. The molecule has 0 aliphatic carbocycles. The fourth-order valence-electron chi connectivity index (χ4n) is 5.48. The van der Waals surface area contributed by atoms with Gasteiger partial charge in [0.25, 0.3) is 5.91 Å². The largest absolute Gasteiger partial charge is 0.364 e. The Morgan fingerprint density at radius 3 is 2.42 bits per heavy atom. The molecule has 6 rings (SSSR count). The van der Waals surface area contributed by atoms with Crippen molar-refractivity contribution in [1.29, 1.82) is 0 Å². The number of hydrogen-bond acceptors (Lipinski definition) is 5. The van der Waals surface area contributed by atoms with Crippen molar-refractivity contribution in [2.24, 2.45) is 25.7 Å². The first-order chi connectivity index (χ1) is 18.2. The van der Waals surface area contributed by atoms with E-state index < -0.39 is 23.8 Å². The Morgan fingerprint density at radius 2 is 1.74 bits per heavy atom. The van der Waals surface area contributed by atoms with Crippen molar-refractivity contribution in [3.63, 3.8) is 0 Å². The van der Waals surface area contributed by atoms with Crippen LogP contribution >= 0.6 is 0 Å². The maximum atomic E-state index is 13.9. The number of hydrogen-bond donors (Lipinski definition) is 1. The smallest absolute Gasteiger partial charge is 0.269 e. The number of fused-ring (bicyclic) bond motifs is 1. The molecule has 192 valence electrons. The molecule has 11 heteroatoms. The lowest BCUT2D eigenvalue weighted by atomic mass is 9.83. The van der Waals surface area contributed by atoms with Crippen LogP contribution in [0.2, 0.25) is 0 Å². The number of carbonyl (C=O) groups excluding carboxylic acids is 2. The van der Waals surface area contributed by atoms with E-state index in [1.807, 2.05) is 44.4 Å². The fourth-order valence-corrected chi connectivity index (χ4v) is 5.48. The van der Waals surface area contributed by atoms with Gasteiger partial charge in [0.05, 0.1) is 29.1 Å². The van der Waals surface area contributed by atoms with E-state index in [0.717, 1.165) is 16.6 Å². The van der Waals surface area contributed by atoms with Gasteiger partial charge in [0.15, 0.2) is 5.69 Å². The molecule has 0 bridgehead atoms. The topological polar surface area (TPSA) is 117 Å². The van der Waals surface area contributed by atoms with Gasteiger partial charge in [-0.15, -0.1) is 0 Å². The van der Waals surface area contributed by atoms with Gasteiger partial charge in [0.1, 0.15) is 5.82 Å². The number of nitrogens with zero attached hydrogens (tertiary/aromatic N) is 7.